The van der Waals surface area contributed by atoms with Crippen LogP contribution in [0.1, 0.15) is 193 Å². The lowest BCUT2D eigenvalue weighted by atomic mass is 9.85. The van der Waals surface area contributed by atoms with E-state index in [0.717, 1.165) is 42.4 Å². The second-order valence-corrected chi connectivity index (χ2v) is 19.7. The number of carbonyl (C=O) groups is 6. The molecule has 4 N–H and O–H groups in total. The van der Waals surface area contributed by atoms with Gasteiger partial charge in [0, 0.05) is 12.1 Å². The maximum atomic E-state index is 13.6. The molecule has 8 rings (SSSR count). The van der Waals surface area contributed by atoms with E-state index in [4.69, 9.17) is 11.5 Å². The Hall–Kier alpha value is -5.00. The van der Waals surface area contributed by atoms with Crippen molar-refractivity contribution in [2.45, 2.75) is 154 Å². The van der Waals surface area contributed by atoms with E-state index in [1.807, 2.05) is 30.3 Å². The van der Waals surface area contributed by atoms with Crippen LogP contribution in [0.2, 0.25) is 0 Å². The number of ether oxygens (including phenoxy) is 1. The van der Waals surface area contributed by atoms with E-state index in [1.165, 1.54) is 22.6 Å². The number of carbonyl (C=O) groups excluding carboxylic acids is 6. The lowest BCUT2D eigenvalue weighted by Crippen LogP contribution is -2.56. The van der Waals surface area contributed by atoms with E-state index in [-0.39, 0.29) is 52.0 Å². The van der Waals surface area contributed by atoms with Crippen LogP contribution in [-0.4, -0.2) is 69.5 Å². The third-order valence-electron chi connectivity index (χ3n) is 12.3. The minimum atomic E-state index is -0.546. The van der Waals surface area contributed by atoms with E-state index in [9.17, 15) is 28.8 Å². The summed E-state index contributed by atoms with van der Waals surface area (Å²) in [6.07, 6.45) is 7.61. The first-order chi connectivity index (χ1) is 27.5. The molecule has 11 nitrogen and oxygen atoms in total. The number of cyclic esters (lactones) is 2. The summed E-state index contributed by atoms with van der Waals surface area (Å²) in [5.74, 6) is -2.41. The first kappa shape index (κ1) is 43.6. The highest BCUT2D eigenvalue weighted by Gasteiger charge is 2.50. The second-order valence-electron chi connectivity index (χ2n) is 19.7. The first-order valence-corrected chi connectivity index (χ1v) is 21.0. The van der Waals surface area contributed by atoms with Crippen LogP contribution in [0, 0.1) is 0 Å². The van der Waals surface area contributed by atoms with Crippen molar-refractivity contribution >= 4 is 35.6 Å². The first-order valence-electron chi connectivity index (χ1n) is 21.0. The molecule has 2 fully saturated rings. The summed E-state index contributed by atoms with van der Waals surface area (Å²) < 4.78 is 4.52. The highest BCUT2D eigenvalue weighted by molar-refractivity contribution is 6.23. The summed E-state index contributed by atoms with van der Waals surface area (Å²) in [5.41, 5.74) is 16.3. The Morgan fingerprint density at radius 1 is 0.441 bits per heavy atom. The fourth-order valence-corrected chi connectivity index (χ4v) is 8.49. The van der Waals surface area contributed by atoms with Crippen LogP contribution in [0.5, 0.6) is 0 Å². The Labute approximate surface area is 348 Å². The van der Waals surface area contributed by atoms with Crippen molar-refractivity contribution in [2.24, 2.45) is 11.5 Å². The predicted octanol–water partition coefficient (Wildman–Crippen LogP) is 7.99. The van der Waals surface area contributed by atoms with Crippen LogP contribution < -0.4 is 11.5 Å². The van der Waals surface area contributed by atoms with E-state index in [0.29, 0.717) is 46.2 Å². The molecular weight excluding hydrogens is 745 g/mol. The minimum Gasteiger partial charge on any atom is -0.386 e. The number of rotatable bonds is 2. The Balaban J connectivity index is 0.000000207. The normalized spacial score (nSPS) is 22.9. The van der Waals surface area contributed by atoms with Gasteiger partial charge in [-0.15, -0.1) is 0 Å². The highest BCUT2D eigenvalue weighted by Crippen LogP contribution is 2.39. The second kappa shape index (κ2) is 16.2. The zero-order valence-electron chi connectivity index (χ0n) is 36.1. The molecule has 314 valence electrons. The van der Waals surface area contributed by atoms with E-state index < -0.39 is 24.0 Å². The lowest BCUT2D eigenvalue weighted by Gasteiger charge is -2.40. The molecule has 4 unspecified atom stereocenters. The Morgan fingerprint density at radius 2 is 0.746 bits per heavy atom. The Kier molecular flexibility index (Phi) is 12.0. The monoisotopic (exact) mass is 804 g/mol. The number of hydrogen-bond acceptors (Lipinski definition) is 9. The summed E-state index contributed by atoms with van der Waals surface area (Å²) in [6.45, 7) is 18.6. The van der Waals surface area contributed by atoms with Gasteiger partial charge in [-0.3, -0.25) is 29.0 Å². The molecule has 0 spiro atoms. The summed E-state index contributed by atoms with van der Waals surface area (Å²) in [7, 11) is 0. The number of hydrogen-bond donors (Lipinski definition) is 2. The molecule has 0 radical (unpaired) electrons. The molecule has 11 heteroatoms. The fraction of sp³-hybridized carbons (Fsp3) is 0.500. The van der Waals surface area contributed by atoms with Gasteiger partial charge in [-0.05, 0) is 95.0 Å². The molecular formula is C48H60N4O7. The van der Waals surface area contributed by atoms with Gasteiger partial charge in [0.2, 0.25) is 0 Å². The molecule has 3 aromatic rings. The maximum Gasteiger partial charge on any atom is 0.346 e. The minimum absolute atomic E-state index is 0.0407. The molecule has 4 atom stereocenters. The molecule has 59 heavy (non-hydrogen) atoms. The maximum absolute atomic E-state index is 13.6. The zero-order valence-corrected chi connectivity index (χ0v) is 36.1. The fourth-order valence-electron chi connectivity index (χ4n) is 8.49. The van der Waals surface area contributed by atoms with Gasteiger partial charge < -0.3 is 16.2 Å². The number of nitrogens with two attached hydrogens (primary N) is 2. The smallest absolute Gasteiger partial charge is 0.346 e. The average Bonchev–Trinajstić information content (AvgIpc) is 3.71. The van der Waals surface area contributed by atoms with Gasteiger partial charge in [-0.2, -0.15) is 0 Å². The number of amides is 4. The Morgan fingerprint density at radius 3 is 1.10 bits per heavy atom. The van der Waals surface area contributed by atoms with Crippen molar-refractivity contribution in [2.75, 3.05) is 0 Å². The van der Waals surface area contributed by atoms with Gasteiger partial charge in [-0.25, -0.2) is 9.59 Å². The van der Waals surface area contributed by atoms with Crippen LogP contribution in [0.4, 0.5) is 0 Å². The van der Waals surface area contributed by atoms with Crippen LogP contribution in [0.15, 0.2) is 54.6 Å². The molecule has 0 saturated heterocycles. The topological polar surface area (TPSA) is 170 Å². The molecule has 4 amide bonds. The van der Waals surface area contributed by atoms with Gasteiger partial charge in [0.25, 0.3) is 23.6 Å². The number of imide groups is 2. The van der Waals surface area contributed by atoms with Gasteiger partial charge >= 0.3 is 11.9 Å². The van der Waals surface area contributed by atoms with E-state index in [2.05, 4.69) is 67.1 Å². The van der Waals surface area contributed by atoms with Gasteiger partial charge in [0.1, 0.15) is 0 Å². The van der Waals surface area contributed by atoms with Crippen molar-refractivity contribution in [1.82, 2.24) is 9.80 Å². The number of nitrogens with zero attached hydrogens (tertiary/aromatic N) is 2. The molecule has 3 heterocycles. The Bertz CT molecular complexity index is 2090. The molecule has 3 aliphatic heterocycles. The zero-order chi connectivity index (χ0) is 43.4. The summed E-state index contributed by atoms with van der Waals surface area (Å²) in [4.78, 5) is 79.3. The number of benzene rings is 3. The molecule has 2 aliphatic carbocycles. The third kappa shape index (κ3) is 8.68. The van der Waals surface area contributed by atoms with Crippen molar-refractivity contribution in [3.05, 3.63) is 105 Å². The van der Waals surface area contributed by atoms with Crippen molar-refractivity contribution in [1.29, 1.82) is 0 Å². The number of fused-ring (bicyclic) bond motifs is 3. The van der Waals surface area contributed by atoms with Crippen molar-refractivity contribution < 1.29 is 33.5 Å². The highest BCUT2D eigenvalue weighted by atomic mass is 16.6. The third-order valence-corrected chi connectivity index (χ3v) is 12.3. The van der Waals surface area contributed by atoms with Gasteiger partial charge in [0.15, 0.2) is 0 Å². The molecule has 2 saturated carbocycles. The summed E-state index contributed by atoms with van der Waals surface area (Å²) >= 11 is 0. The van der Waals surface area contributed by atoms with E-state index in [1.54, 1.807) is 24.3 Å². The molecule has 5 aliphatic rings. The average molecular weight is 805 g/mol. The molecule has 3 aromatic carbocycles. The summed E-state index contributed by atoms with van der Waals surface area (Å²) in [6, 6.07) is 15.7. The quantitative estimate of drug-likeness (QED) is 0.148. The van der Waals surface area contributed by atoms with E-state index >= 15 is 0 Å². The number of esters is 2. The van der Waals surface area contributed by atoms with Gasteiger partial charge in [0.05, 0.1) is 45.5 Å². The predicted molar refractivity (Wildman–Crippen MR) is 227 cm³/mol. The lowest BCUT2D eigenvalue weighted by molar-refractivity contribution is 0.0291. The van der Waals surface area contributed by atoms with Gasteiger partial charge in [-0.1, -0.05) is 106 Å². The largest absolute Gasteiger partial charge is 0.386 e. The van der Waals surface area contributed by atoms with Crippen LogP contribution >= 0.6 is 0 Å². The molecule has 0 aromatic heterocycles. The SMILES string of the molecule is CC(C)(C)c1ccc2c(c1)C(=O)N(C1CCCCC1N1C(=O)c3ccc(C(C)(C)C)cc3C1=O)C2=O.CC(C)(C)c1ccc2c(c1)C(=O)OC2=O.NC1CCCCC1N. The summed E-state index contributed by atoms with van der Waals surface area (Å²) in [5, 5.41) is 0. The van der Waals surface area contributed by atoms with Crippen molar-refractivity contribution in [3.63, 3.8) is 0 Å². The standard InChI is InChI=1S/C30H34N2O4.C12H12O3.C6H14N2/c1-29(2,3)17-11-13-19-21(15-17)27(35)31(25(19)33)23-9-7-8-10-24(23)32-26(34)20-14-12-18(30(4,5)6)16-22(20)28(32)36;1-12(2,3)7-4-5-8-9(6-7)11(14)15-10(8)13;7-5-3-1-2-4-6(5)8/h11-16,23-24H,7-10H2,1-6H3;4-6H,1-3H3;5-6H,1-4,7-8H2. The van der Waals surface area contributed by atoms with Crippen LogP contribution in [0.25, 0.3) is 0 Å². The van der Waals surface area contributed by atoms with Crippen molar-refractivity contribution in [3.8, 4) is 0 Å². The van der Waals surface area contributed by atoms with Crippen LogP contribution in [0.3, 0.4) is 0 Å². The van der Waals surface area contributed by atoms with Crippen LogP contribution in [-0.2, 0) is 21.0 Å². The molecule has 0 bridgehead atoms.